The van der Waals surface area contributed by atoms with E-state index < -0.39 is 10.0 Å². The molecular formula is C29H36BrN3O6S. The molecule has 2 fully saturated rings. The van der Waals surface area contributed by atoms with Gasteiger partial charge in [0.15, 0.2) is 0 Å². The summed E-state index contributed by atoms with van der Waals surface area (Å²) in [6.45, 7) is 4.00. The molecule has 1 spiro atoms. The minimum Gasteiger partial charge on any atom is -0.497 e. The quantitative estimate of drug-likeness (QED) is 0.419. The van der Waals surface area contributed by atoms with Crippen molar-refractivity contribution in [2.75, 3.05) is 27.4 Å². The molecule has 6 rings (SSSR count). The van der Waals surface area contributed by atoms with Crippen LogP contribution in [0.3, 0.4) is 0 Å². The molecule has 9 nitrogen and oxygen atoms in total. The van der Waals surface area contributed by atoms with Gasteiger partial charge >= 0.3 is 0 Å². The molecule has 4 aliphatic rings. The number of halogens is 1. The van der Waals surface area contributed by atoms with Crippen molar-refractivity contribution in [2.45, 2.75) is 68.0 Å². The molecule has 40 heavy (non-hydrogen) atoms. The van der Waals surface area contributed by atoms with Crippen LogP contribution < -0.4 is 19.0 Å². The number of hydrogen-bond acceptors (Lipinski definition) is 8. The second-order valence-corrected chi connectivity index (χ2v) is 14.0. The van der Waals surface area contributed by atoms with Crippen LogP contribution in [-0.4, -0.2) is 63.7 Å². The van der Waals surface area contributed by atoms with Gasteiger partial charge in [0.25, 0.3) is 10.0 Å². The van der Waals surface area contributed by atoms with Crippen molar-refractivity contribution >= 4 is 31.7 Å². The highest BCUT2D eigenvalue weighted by atomic mass is 79.9. The van der Waals surface area contributed by atoms with Crippen molar-refractivity contribution in [3.05, 3.63) is 45.9 Å². The zero-order valence-electron chi connectivity index (χ0n) is 23.0. The number of benzene rings is 2. The third kappa shape index (κ3) is 4.68. The maximum Gasteiger partial charge on any atom is 0.276 e. The van der Waals surface area contributed by atoms with Crippen molar-refractivity contribution in [1.82, 2.24) is 9.73 Å². The number of aliphatic hydroxyl groups excluding tert-OH is 1. The molecule has 216 valence electrons. The predicted molar refractivity (Wildman–Crippen MR) is 155 cm³/mol. The molecule has 2 aliphatic heterocycles. The molecule has 0 unspecified atom stereocenters. The van der Waals surface area contributed by atoms with E-state index in [0.717, 1.165) is 41.2 Å². The number of nitrogens with zero attached hydrogens (tertiary/aromatic N) is 2. The standard InChI is InChI=1S/C29H36BrN3O6S/c1-17-10-20(31-32-40(35,36)23-8-6-22(37-2)7-9-23)12-25-29(17)13-21(16-34)33(14-18-4-5-18)15-19-11-24(38-3)27(30)28(39-25)26(19)29/h6-9,11,17-18,21,25,32,34H,4-5,10,12-16H2,1-3H3/b31-20+/t17-,21+,25-,29+/m1/s1. The molecule has 2 N–H and O–H groups in total. The summed E-state index contributed by atoms with van der Waals surface area (Å²) < 4.78 is 44.3. The summed E-state index contributed by atoms with van der Waals surface area (Å²) in [5.74, 6) is 2.91. The van der Waals surface area contributed by atoms with Crippen LogP contribution in [0.15, 0.2) is 44.8 Å². The Bertz CT molecular complexity index is 1430. The molecule has 4 atom stereocenters. The summed E-state index contributed by atoms with van der Waals surface area (Å²) in [6, 6.07) is 8.34. The van der Waals surface area contributed by atoms with E-state index in [-0.39, 0.29) is 35.0 Å². The van der Waals surface area contributed by atoms with E-state index in [2.05, 4.69) is 43.8 Å². The van der Waals surface area contributed by atoms with Crippen molar-refractivity contribution in [3.8, 4) is 17.2 Å². The van der Waals surface area contributed by atoms with Gasteiger partial charge in [0, 0.05) is 42.2 Å². The van der Waals surface area contributed by atoms with Gasteiger partial charge in [0.2, 0.25) is 0 Å². The second kappa shape index (κ2) is 10.5. The topological polar surface area (TPSA) is 110 Å². The van der Waals surface area contributed by atoms with E-state index in [4.69, 9.17) is 14.2 Å². The summed E-state index contributed by atoms with van der Waals surface area (Å²) in [4.78, 5) is 5.01. The number of methoxy groups -OCH3 is 2. The monoisotopic (exact) mass is 633 g/mol. The van der Waals surface area contributed by atoms with Gasteiger partial charge in [-0.2, -0.15) is 13.5 Å². The first-order valence-corrected chi connectivity index (χ1v) is 16.1. The molecule has 2 aliphatic carbocycles. The fourth-order valence-corrected chi connectivity index (χ4v) is 8.35. The average molecular weight is 635 g/mol. The summed E-state index contributed by atoms with van der Waals surface area (Å²) in [7, 11) is -0.643. The number of hydrazone groups is 1. The molecule has 0 amide bonds. The normalized spacial score (nSPS) is 28.8. The maximum atomic E-state index is 13.0. The van der Waals surface area contributed by atoms with E-state index in [9.17, 15) is 13.5 Å². The van der Waals surface area contributed by atoms with Crippen molar-refractivity contribution in [3.63, 3.8) is 0 Å². The van der Waals surface area contributed by atoms with Gasteiger partial charge in [0.1, 0.15) is 27.8 Å². The molecule has 0 bridgehead atoms. The van der Waals surface area contributed by atoms with Crippen LogP contribution in [0.2, 0.25) is 0 Å². The lowest BCUT2D eigenvalue weighted by atomic mass is 9.59. The minimum atomic E-state index is -3.84. The van der Waals surface area contributed by atoms with Crippen molar-refractivity contribution in [2.24, 2.45) is 16.9 Å². The Labute approximate surface area is 244 Å². The highest BCUT2D eigenvalue weighted by molar-refractivity contribution is 9.10. The lowest BCUT2D eigenvalue weighted by Crippen LogP contribution is -2.53. The van der Waals surface area contributed by atoms with E-state index in [1.54, 1.807) is 19.2 Å². The second-order valence-electron chi connectivity index (χ2n) is 11.6. The smallest absolute Gasteiger partial charge is 0.276 e. The molecule has 2 saturated carbocycles. The fourth-order valence-electron chi connectivity index (χ4n) is 6.94. The number of sulfonamides is 1. The summed E-state index contributed by atoms with van der Waals surface area (Å²) in [5, 5.41) is 15.0. The van der Waals surface area contributed by atoms with Gasteiger partial charge in [-0.15, -0.1) is 0 Å². The summed E-state index contributed by atoms with van der Waals surface area (Å²) in [6.07, 6.45) is 4.12. The van der Waals surface area contributed by atoms with Crippen LogP contribution in [0.5, 0.6) is 17.2 Å². The zero-order valence-corrected chi connectivity index (χ0v) is 25.4. The maximum absolute atomic E-state index is 13.0. The third-order valence-electron chi connectivity index (χ3n) is 9.19. The first-order chi connectivity index (χ1) is 19.2. The Morgan fingerprint density at radius 3 is 2.60 bits per heavy atom. The van der Waals surface area contributed by atoms with Crippen LogP contribution in [0.4, 0.5) is 0 Å². The molecule has 2 aromatic rings. The highest BCUT2D eigenvalue weighted by Crippen LogP contribution is 2.61. The summed E-state index contributed by atoms with van der Waals surface area (Å²) >= 11 is 3.75. The van der Waals surface area contributed by atoms with Gasteiger partial charge in [0.05, 0.1) is 25.7 Å². The Morgan fingerprint density at radius 2 is 1.95 bits per heavy atom. The van der Waals surface area contributed by atoms with Gasteiger partial charge in [-0.05, 0) is 89.3 Å². The molecule has 0 saturated heterocycles. The Balaban J connectivity index is 1.34. The first kappa shape index (κ1) is 27.8. The average Bonchev–Trinajstić information content (AvgIpc) is 3.72. The van der Waals surface area contributed by atoms with Crippen LogP contribution >= 0.6 is 15.9 Å². The van der Waals surface area contributed by atoms with Gasteiger partial charge < -0.3 is 19.3 Å². The fraction of sp³-hybridized carbons (Fsp3) is 0.552. The van der Waals surface area contributed by atoms with Gasteiger partial charge in [-0.25, -0.2) is 4.83 Å². The molecule has 2 heterocycles. The van der Waals surface area contributed by atoms with Crippen LogP contribution in [0.25, 0.3) is 0 Å². The van der Waals surface area contributed by atoms with E-state index >= 15 is 0 Å². The SMILES string of the molecule is COc1ccc(S(=O)(=O)N/N=C2\C[C@@H](C)[C@]34C[C@@H](CO)N(CC5CC5)Cc5cc(OC)c(Br)c(c53)O[C@@H]4C2)cc1. The van der Waals surface area contributed by atoms with Crippen LogP contribution in [-0.2, 0) is 22.0 Å². The van der Waals surface area contributed by atoms with Crippen LogP contribution in [0, 0.1) is 11.8 Å². The molecule has 0 radical (unpaired) electrons. The Kier molecular flexibility index (Phi) is 7.29. The third-order valence-corrected chi connectivity index (χ3v) is 11.2. The lowest BCUT2D eigenvalue weighted by molar-refractivity contribution is 0.0401. The van der Waals surface area contributed by atoms with E-state index in [1.165, 1.54) is 43.2 Å². The largest absolute Gasteiger partial charge is 0.497 e. The van der Waals surface area contributed by atoms with Crippen molar-refractivity contribution in [1.29, 1.82) is 0 Å². The predicted octanol–water partition coefficient (Wildman–Crippen LogP) is 4.21. The van der Waals surface area contributed by atoms with Gasteiger partial charge in [-0.1, -0.05) is 6.92 Å². The number of hydrogen-bond donors (Lipinski definition) is 2. The Morgan fingerprint density at radius 1 is 1.20 bits per heavy atom. The lowest BCUT2D eigenvalue weighted by Gasteiger charge is -2.45. The molecule has 0 aromatic heterocycles. The zero-order chi connectivity index (χ0) is 28.2. The Hall–Kier alpha value is -2.34. The highest BCUT2D eigenvalue weighted by Gasteiger charge is 2.59. The first-order valence-electron chi connectivity index (χ1n) is 13.8. The van der Waals surface area contributed by atoms with E-state index in [0.29, 0.717) is 24.5 Å². The van der Waals surface area contributed by atoms with Gasteiger partial charge in [-0.3, -0.25) is 4.90 Å². The number of aliphatic hydroxyl groups is 1. The summed E-state index contributed by atoms with van der Waals surface area (Å²) in [5.41, 5.74) is 2.80. The van der Waals surface area contributed by atoms with E-state index in [1.807, 2.05) is 0 Å². The number of nitrogens with one attached hydrogen (secondary N) is 1. The van der Waals surface area contributed by atoms with Crippen molar-refractivity contribution < 1.29 is 27.7 Å². The molecular weight excluding hydrogens is 598 g/mol. The van der Waals surface area contributed by atoms with Crippen LogP contribution in [0.1, 0.15) is 50.2 Å². The molecule has 11 heteroatoms. The number of ether oxygens (including phenoxy) is 3. The minimum absolute atomic E-state index is 0.00401. The number of rotatable bonds is 8. The molecule has 2 aromatic carbocycles.